The van der Waals surface area contributed by atoms with Gasteiger partial charge in [0.2, 0.25) is 0 Å². The van der Waals surface area contributed by atoms with Gasteiger partial charge < -0.3 is 5.73 Å². The van der Waals surface area contributed by atoms with Crippen molar-refractivity contribution in [3.63, 3.8) is 0 Å². The number of benzene rings is 3. The highest BCUT2D eigenvalue weighted by molar-refractivity contribution is 7.90. The molecule has 4 aromatic rings. The van der Waals surface area contributed by atoms with Crippen LogP contribution in [0.25, 0.3) is 16.9 Å². The number of anilines is 1. The molecular formula is C23H18F3N3O2S. The molecule has 0 fully saturated rings. The summed E-state index contributed by atoms with van der Waals surface area (Å²) in [5.41, 5.74) is 7.09. The first kappa shape index (κ1) is 21.6. The monoisotopic (exact) mass is 457 g/mol. The molecule has 9 heteroatoms. The van der Waals surface area contributed by atoms with Gasteiger partial charge >= 0.3 is 6.18 Å². The lowest BCUT2D eigenvalue weighted by atomic mass is 10.1. The van der Waals surface area contributed by atoms with Crippen molar-refractivity contribution in [1.29, 1.82) is 0 Å². The van der Waals surface area contributed by atoms with Crippen LogP contribution in [0.15, 0.2) is 89.8 Å². The quantitative estimate of drug-likeness (QED) is 0.452. The molecule has 32 heavy (non-hydrogen) atoms. The summed E-state index contributed by atoms with van der Waals surface area (Å²) in [6, 6.07) is 21.2. The fourth-order valence-electron chi connectivity index (χ4n) is 3.26. The molecule has 5 nitrogen and oxygen atoms in total. The van der Waals surface area contributed by atoms with Crippen LogP contribution in [0.5, 0.6) is 0 Å². The van der Waals surface area contributed by atoms with Gasteiger partial charge in [0.05, 0.1) is 27.6 Å². The van der Waals surface area contributed by atoms with Crippen LogP contribution in [0.3, 0.4) is 0 Å². The molecule has 0 bridgehead atoms. The third-order valence-corrected chi connectivity index (χ3v) is 6.57. The van der Waals surface area contributed by atoms with E-state index in [1.807, 2.05) is 0 Å². The summed E-state index contributed by atoms with van der Waals surface area (Å²) in [5.74, 6) is 0.0213. The van der Waals surface area contributed by atoms with Gasteiger partial charge in [-0.2, -0.15) is 18.3 Å². The Morgan fingerprint density at radius 2 is 1.56 bits per heavy atom. The maximum Gasteiger partial charge on any atom is 0.416 e. The second-order valence-corrected chi connectivity index (χ2v) is 9.17. The number of sulfone groups is 1. The summed E-state index contributed by atoms with van der Waals surface area (Å²) in [6.45, 7) is 0. The number of hydrogen-bond acceptors (Lipinski definition) is 4. The number of alkyl halides is 3. The normalized spacial score (nSPS) is 12.1. The minimum Gasteiger partial charge on any atom is -0.384 e. The molecule has 1 aromatic heterocycles. The number of halogens is 3. The van der Waals surface area contributed by atoms with Crippen molar-refractivity contribution in [2.75, 3.05) is 5.73 Å². The first-order chi connectivity index (χ1) is 15.1. The van der Waals surface area contributed by atoms with Crippen molar-refractivity contribution in [2.24, 2.45) is 0 Å². The summed E-state index contributed by atoms with van der Waals surface area (Å²) < 4.78 is 65.4. The van der Waals surface area contributed by atoms with E-state index < -0.39 is 21.6 Å². The van der Waals surface area contributed by atoms with E-state index in [1.165, 1.54) is 16.8 Å². The van der Waals surface area contributed by atoms with Gasteiger partial charge in [0, 0.05) is 11.6 Å². The Kier molecular flexibility index (Phi) is 5.52. The average Bonchev–Trinajstić information content (AvgIpc) is 3.16. The molecule has 0 aliphatic carbocycles. The smallest absolute Gasteiger partial charge is 0.384 e. The maximum absolute atomic E-state index is 13.0. The van der Waals surface area contributed by atoms with Crippen molar-refractivity contribution in [3.8, 4) is 16.9 Å². The second kappa shape index (κ2) is 8.16. The fraction of sp³-hybridized carbons (Fsp3) is 0.0870. The van der Waals surface area contributed by atoms with Crippen molar-refractivity contribution < 1.29 is 21.6 Å². The highest BCUT2D eigenvalue weighted by Gasteiger charge is 2.30. The molecule has 0 atom stereocenters. The summed E-state index contributed by atoms with van der Waals surface area (Å²) in [6.07, 6.45) is -4.48. The SMILES string of the molecule is Nc1cc(-c2ccc(CS(=O)(=O)c3ccccc3)cc2)nn1-c1cccc(C(F)(F)F)c1. The van der Waals surface area contributed by atoms with Gasteiger partial charge in [-0.05, 0) is 35.9 Å². The zero-order chi connectivity index (χ0) is 22.9. The largest absolute Gasteiger partial charge is 0.416 e. The van der Waals surface area contributed by atoms with E-state index in [4.69, 9.17) is 5.73 Å². The number of nitrogens with zero attached hydrogens (tertiary/aromatic N) is 2. The highest BCUT2D eigenvalue weighted by atomic mass is 32.2. The minimum absolute atomic E-state index is 0.155. The second-order valence-electron chi connectivity index (χ2n) is 7.18. The molecular weight excluding hydrogens is 439 g/mol. The zero-order valence-electron chi connectivity index (χ0n) is 16.6. The van der Waals surface area contributed by atoms with Crippen LogP contribution in [0.1, 0.15) is 11.1 Å². The number of nitrogen functional groups attached to an aromatic ring is 1. The van der Waals surface area contributed by atoms with Crippen LogP contribution in [-0.2, 0) is 21.8 Å². The van der Waals surface area contributed by atoms with Gasteiger partial charge in [0.25, 0.3) is 0 Å². The average molecular weight is 457 g/mol. The Balaban J connectivity index is 1.59. The highest BCUT2D eigenvalue weighted by Crippen LogP contribution is 2.31. The van der Waals surface area contributed by atoms with Gasteiger partial charge in [0.15, 0.2) is 9.84 Å². The molecule has 2 N–H and O–H groups in total. The molecule has 0 spiro atoms. The Labute approximate surface area is 182 Å². The molecule has 4 rings (SSSR count). The van der Waals surface area contributed by atoms with Gasteiger partial charge in [-0.1, -0.05) is 48.5 Å². The third kappa shape index (κ3) is 4.52. The zero-order valence-corrected chi connectivity index (χ0v) is 17.4. The Morgan fingerprint density at radius 1 is 0.875 bits per heavy atom. The molecule has 1 heterocycles. The van der Waals surface area contributed by atoms with Crippen LogP contribution in [0, 0.1) is 0 Å². The maximum atomic E-state index is 13.0. The van der Waals surface area contributed by atoms with E-state index in [9.17, 15) is 21.6 Å². The number of nitrogens with two attached hydrogens (primary N) is 1. The van der Waals surface area contributed by atoms with Gasteiger partial charge in [-0.3, -0.25) is 0 Å². The number of aromatic nitrogens is 2. The number of hydrogen-bond donors (Lipinski definition) is 1. The van der Waals surface area contributed by atoms with Crippen molar-refractivity contribution in [3.05, 3.63) is 96.1 Å². The van der Waals surface area contributed by atoms with Crippen LogP contribution >= 0.6 is 0 Å². The van der Waals surface area contributed by atoms with Crippen molar-refractivity contribution >= 4 is 15.7 Å². The van der Waals surface area contributed by atoms with Gasteiger partial charge in [-0.25, -0.2) is 13.1 Å². The topological polar surface area (TPSA) is 78.0 Å². The molecule has 164 valence electrons. The molecule has 0 radical (unpaired) electrons. The third-order valence-electron chi connectivity index (χ3n) is 4.86. The standard InChI is InChI=1S/C23H18F3N3O2S/c24-23(25,26)18-5-4-6-19(13-18)29-22(27)14-21(28-29)17-11-9-16(10-12-17)15-32(30,31)20-7-2-1-3-8-20/h1-14H,15,27H2. The fourth-order valence-corrected chi connectivity index (χ4v) is 4.63. The Bertz CT molecular complexity index is 1350. The van der Waals surface area contributed by atoms with E-state index in [0.717, 1.165) is 12.1 Å². The lowest BCUT2D eigenvalue weighted by Gasteiger charge is -2.09. The molecule has 0 aliphatic rings. The van der Waals surface area contributed by atoms with Crippen molar-refractivity contribution in [2.45, 2.75) is 16.8 Å². The molecule has 0 aliphatic heterocycles. The van der Waals surface area contributed by atoms with Gasteiger partial charge in [-0.15, -0.1) is 0 Å². The molecule has 0 unspecified atom stereocenters. The van der Waals surface area contributed by atoms with Crippen LogP contribution in [-0.4, -0.2) is 18.2 Å². The number of rotatable bonds is 5. The predicted octanol–water partition coefficient (Wildman–Crippen LogP) is 5.11. The summed E-state index contributed by atoms with van der Waals surface area (Å²) in [4.78, 5) is 0.247. The van der Waals surface area contributed by atoms with Crippen LogP contribution in [0.4, 0.5) is 19.0 Å². The summed E-state index contributed by atoms with van der Waals surface area (Å²) in [5, 5.41) is 4.33. The van der Waals surface area contributed by atoms with E-state index in [-0.39, 0.29) is 22.2 Å². The lowest BCUT2D eigenvalue weighted by Crippen LogP contribution is -2.07. The van der Waals surface area contributed by atoms with Crippen LogP contribution < -0.4 is 5.73 Å². The van der Waals surface area contributed by atoms with E-state index in [2.05, 4.69) is 5.10 Å². The Hall–Kier alpha value is -3.59. The summed E-state index contributed by atoms with van der Waals surface area (Å²) >= 11 is 0. The Morgan fingerprint density at radius 3 is 2.22 bits per heavy atom. The van der Waals surface area contributed by atoms with Gasteiger partial charge in [0.1, 0.15) is 5.82 Å². The first-order valence-electron chi connectivity index (χ1n) is 9.54. The minimum atomic E-state index is -4.48. The van der Waals surface area contributed by atoms with Crippen molar-refractivity contribution in [1.82, 2.24) is 9.78 Å². The lowest BCUT2D eigenvalue weighted by molar-refractivity contribution is -0.137. The molecule has 0 saturated carbocycles. The summed E-state index contributed by atoms with van der Waals surface area (Å²) in [7, 11) is -3.48. The molecule has 0 amide bonds. The molecule has 0 saturated heterocycles. The van der Waals surface area contributed by atoms with E-state index in [0.29, 0.717) is 16.8 Å². The first-order valence-corrected chi connectivity index (χ1v) is 11.2. The predicted molar refractivity (Wildman–Crippen MR) is 116 cm³/mol. The van der Waals surface area contributed by atoms with E-state index in [1.54, 1.807) is 60.7 Å². The van der Waals surface area contributed by atoms with Crippen LogP contribution in [0.2, 0.25) is 0 Å². The molecule has 3 aromatic carbocycles. The van der Waals surface area contributed by atoms with E-state index >= 15 is 0 Å².